The van der Waals surface area contributed by atoms with E-state index in [1.54, 1.807) is 0 Å². The number of hydrogen-bond acceptors (Lipinski definition) is 1. The summed E-state index contributed by atoms with van der Waals surface area (Å²) in [6.07, 6.45) is 0.843. The van der Waals surface area contributed by atoms with Crippen LogP contribution in [0.1, 0.15) is 21.5 Å². The summed E-state index contributed by atoms with van der Waals surface area (Å²) in [7, 11) is 0. The third kappa shape index (κ3) is 1.11. The summed E-state index contributed by atoms with van der Waals surface area (Å²) >= 11 is 3.36. The van der Waals surface area contributed by atoms with Crippen molar-refractivity contribution in [2.24, 2.45) is 0 Å². The van der Waals surface area contributed by atoms with Crippen LogP contribution in [-0.4, -0.2) is 10.6 Å². The molecule has 1 nitrogen and oxygen atoms in total. The molecule has 0 unspecified atom stereocenters. The number of alkyl halides is 1. The number of hydrogen-bond donors (Lipinski definition) is 0. The number of carbonyl (C=O) groups is 1. The topological polar surface area (TPSA) is 17.1 Å². The van der Waals surface area contributed by atoms with Crippen molar-refractivity contribution in [1.82, 2.24) is 0 Å². The highest BCUT2D eigenvalue weighted by Gasteiger charge is 2.27. The lowest BCUT2D eigenvalue weighted by molar-refractivity contribution is 0.100. The molecule has 1 aliphatic rings. The molecule has 0 radical (unpaired) electrons. The normalized spacial score (nSPS) is 21.2. The summed E-state index contributed by atoms with van der Waals surface area (Å²) in [5, 5.41) is 0. The van der Waals surface area contributed by atoms with Gasteiger partial charge in [0.25, 0.3) is 0 Å². The van der Waals surface area contributed by atoms with E-state index in [9.17, 15) is 4.79 Å². The van der Waals surface area contributed by atoms with E-state index in [-0.39, 0.29) is 10.6 Å². The van der Waals surface area contributed by atoms with E-state index in [1.807, 2.05) is 19.1 Å². The number of ketones is 1. The third-order valence-corrected chi connectivity index (χ3v) is 2.95. The molecule has 1 aromatic rings. The van der Waals surface area contributed by atoms with Crippen LogP contribution in [0.4, 0.5) is 0 Å². The molecule has 0 spiro atoms. The smallest absolute Gasteiger partial charge is 0.177 e. The summed E-state index contributed by atoms with van der Waals surface area (Å²) in [5.41, 5.74) is 3.30. The van der Waals surface area contributed by atoms with Gasteiger partial charge >= 0.3 is 0 Å². The van der Waals surface area contributed by atoms with Crippen molar-refractivity contribution in [3.8, 4) is 0 Å². The Labute approximate surface area is 79.9 Å². The standard InChI is InChI=1S/C10H9BrO/c1-6-2-3-8-7(4-6)5-9(11)10(8)12/h2-4,9H,5H2,1H3/t9-/m0/s1. The number of fused-ring (bicyclic) bond motifs is 1. The van der Waals surface area contributed by atoms with E-state index >= 15 is 0 Å². The fourth-order valence-corrected chi connectivity index (χ4v) is 2.18. The van der Waals surface area contributed by atoms with Crippen LogP contribution in [0.2, 0.25) is 0 Å². The summed E-state index contributed by atoms with van der Waals surface area (Å²) in [4.78, 5) is 11.5. The Morgan fingerprint density at radius 1 is 1.50 bits per heavy atom. The lowest BCUT2D eigenvalue weighted by Crippen LogP contribution is -2.05. The van der Waals surface area contributed by atoms with Crippen molar-refractivity contribution in [1.29, 1.82) is 0 Å². The van der Waals surface area contributed by atoms with Crippen molar-refractivity contribution in [3.05, 3.63) is 34.9 Å². The monoisotopic (exact) mass is 224 g/mol. The van der Waals surface area contributed by atoms with Crippen molar-refractivity contribution in [3.63, 3.8) is 0 Å². The Bertz CT molecular complexity index is 344. The van der Waals surface area contributed by atoms with Crippen molar-refractivity contribution in [2.75, 3.05) is 0 Å². The number of Topliss-reactive ketones (excluding diaryl/α,β-unsaturated/α-hetero) is 1. The van der Waals surface area contributed by atoms with Gasteiger partial charge in [0.15, 0.2) is 5.78 Å². The number of halogens is 1. The van der Waals surface area contributed by atoms with Gasteiger partial charge in [0.1, 0.15) is 0 Å². The van der Waals surface area contributed by atoms with E-state index in [2.05, 4.69) is 22.0 Å². The predicted molar refractivity (Wildman–Crippen MR) is 51.9 cm³/mol. The SMILES string of the molecule is Cc1ccc2c(c1)C[C@H](Br)C2=O. The van der Waals surface area contributed by atoms with E-state index in [1.165, 1.54) is 11.1 Å². The van der Waals surface area contributed by atoms with Crippen LogP contribution in [0, 0.1) is 6.92 Å². The van der Waals surface area contributed by atoms with Crippen LogP contribution in [-0.2, 0) is 6.42 Å². The molecule has 0 aliphatic heterocycles. The lowest BCUT2D eigenvalue weighted by Gasteiger charge is -1.96. The molecule has 1 aromatic carbocycles. The number of rotatable bonds is 0. The fraction of sp³-hybridized carbons (Fsp3) is 0.300. The maximum Gasteiger partial charge on any atom is 0.177 e. The van der Waals surface area contributed by atoms with E-state index < -0.39 is 0 Å². The van der Waals surface area contributed by atoms with Gasteiger partial charge in [-0.15, -0.1) is 0 Å². The summed E-state index contributed by atoms with van der Waals surface area (Å²) in [6, 6.07) is 6.00. The van der Waals surface area contributed by atoms with Crippen LogP contribution in [0.25, 0.3) is 0 Å². The second kappa shape index (κ2) is 2.70. The van der Waals surface area contributed by atoms with E-state index in [4.69, 9.17) is 0 Å². The highest BCUT2D eigenvalue weighted by Crippen LogP contribution is 2.27. The molecule has 62 valence electrons. The summed E-state index contributed by atoms with van der Waals surface area (Å²) < 4.78 is 0. The molecule has 0 heterocycles. The average Bonchev–Trinajstić information content (AvgIpc) is 2.28. The molecular formula is C10H9BrO. The molecule has 0 amide bonds. The quantitative estimate of drug-likeness (QED) is 0.620. The minimum absolute atomic E-state index is 0.00861. The van der Waals surface area contributed by atoms with Gasteiger partial charge < -0.3 is 0 Å². The Morgan fingerprint density at radius 2 is 2.25 bits per heavy atom. The Morgan fingerprint density at radius 3 is 3.00 bits per heavy atom. The maximum absolute atomic E-state index is 11.5. The largest absolute Gasteiger partial charge is 0.293 e. The Balaban J connectivity index is 2.54. The minimum Gasteiger partial charge on any atom is -0.293 e. The van der Waals surface area contributed by atoms with Crippen molar-refractivity contribution >= 4 is 21.7 Å². The third-order valence-electron chi connectivity index (χ3n) is 2.21. The van der Waals surface area contributed by atoms with Gasteiger partial charge in [-0.1, -0.05) is 39.7 Å². The first-order chi connectivity index (χ1) is 5.68. The molecule has 0 fully saturated rings. The zero-order valence-electron chi connectivity index (χ0n) is 6.80. The average molecular weight is 225 g/mol. The predicted octanol–water partition coefficient (Wildman–Crippen LogP) is 2.50. The fourth-order valence-electron chi connectivity index (χ4n) is 1.59. The molecule has 1 atom stereocenters. The molecule has 0 aromatic heterocycles. The molecule has 0 N–H and O–H groups in total. The first kappa shape index (κ1) is 7.99. The number of benzene rings is 1. The van der Waals surface area contributed by atoms with Gasteiger partial charge in [-0.25, -0.2) is 0 Å². The first-order valence-corrected chi connectivity index (χ1v) is 4.88. The van der Waals surface area contributed by atoms with Gasteiger partial charge in [0, 0.05) is 5.56 Å². The van der Waals surface area contributed by atoms with Gasteiger partial charge in [0.2, 0.25) is 0 Å². The molecule has 0 bridgehead atoms. The zero-order valence-corrected chi connectivity index (χ0v) is 8.39. The van der Waals surface area contributed by atoms with Gasteiger partial charge in [-0.05, 0) is 18.9 Å². The van der Waals surface area contributed by atoms with Gasteiger partial charge in [-0.3, -0.25) is 4.79 Å². The van der Waals surface area contributed by atoms with Crippen LogP contribution in [0.15, 0.2) is 18.2 Å². The molecule has 2 heteroatoms. The highest BCUT2D eigenvalue weighted by atomic mass is 79.9. The number of carbonyl (C=O) groups excluding carboxylic acids is 1. The molecular weight excluding hydrogens is 216 g/mol. The lowest BCUT2D eigenvalue weighted by atomic mass is 10.1. The summed E-state index contributed by atoms with van der Waals surface area (Å²) in [6.45, 7) is 2.05. The molecule has 0 saturated heterocycles. The minimum atomic E-state index is 0.00861. The molecule has 0 saturated carbocycles. The Kier molecular flexibility index (Phi) is 1.80. The van der Waals surface area contributed by atoms with Crippen LogP contribution in [0.5, 0.6) is 0 Å². The maximum atomic E-state index is 11.5. The molecule has 12 heavy (non-hydrogen) atoms. The van der Waals surface area contributed by atoms with Gasteiger partial charge in [0.05, 0.1) is 4.83 Å². The van der Waals surface area contributed by atoms with Crippen LogP contribution >= 0.6 is 15.9 Å². The second-order valence-electron chi connectivity index (χ2n) is 3.20. The summed E-state index contributed by atoms with van der Waals surface area (Å²) in [5.74, 6) is 0.227. The first-order valence-electron chi connectivity index (χ1n) is 3.96. The molecule has 2 rings (SSSR count). The van der Waals surface area contributed by atoms with Crippen LogP contribution in [0.3, 0.4) is 0 Å². The van der Waals surface area contributed by atoms with Crippen molar-refractivity contribution < 1.29 is 4.79 Å². The highest BCUT2D eigenvalue weighted by molar-refractivity contribution is 9.10. The number of aryl methyl sites for hydroxylation is 1. The van der Waals surface area contributed by atoms with E-state index in [0.29, 0.717) is 0 Å². The van der Waals surface area contributed by atoms with Crippen molar-refractivity contribution in [2.45, 2.75) is 18.2 Å². The molecule has 1 aliphatic carbocycles. The Hall–Kier alpha value is -0.630. The van der Waals surface area contributed by atoms with Gasteiger partial charge in [-0.2, -0.15) is 0 Å². The zero-order chi connectivity index (χ0) is 8.72. The second-order valence-corrected chi connectivity index (χ2v) is 4.30. The van der Waals surface area contributed by atoms with Crippen LogP contribution < -0.4 is 0 Å². The van der Waals surface area contributed by atoms with E-state index in [0.717, 1.165) is 12.0 Å².